The lowest BCUT2D eigenvalue weighted by atomic mass is 9.98. The van der Waals surface area contributed by atoms with E-state index in [0.29, 0.717) is 12.8 Å². The summed E-state index contributed by atoms with van der Waals surface area (Å²) in [7, 11) is 0. The molecule has 1 heterocycles. The third kappa shape index (κ3) is 31.5. The Morgan fingerprint density at radius 3 is 1.34 bits per heavy atom. The molecular formula is C53H101NO10. The minimum absolute atomic E-state index is 0.254. The molecule has 1 fully saturated rings. The number of aliphatic hydroxyl groups excluding tert-OH is 7. The lowest BCUT2D eigenvalue weighted by Gasteiger charge is -2.40. The molecule has 1 rings (SSSR count). The Bertz CT molecular complexity index is 1090. The van der Waals surface area contributed by atoms with E-state index in [0.717, 1.165) is 38.5 Å². The number of carbonyl (C=O) groups is 1. The van der Waals surface area contributed by atoms with Gasteiger partial charge in [0.1, 0.15) is 36.6 Å². The van der Waals surface area contributed by atoms with Gasteiger partial charge in [-0.3, -0.25) is 4.79 Å². The van der Waals surface area contributed by atoms with Gasteiger partial charge >= 0.3 is 0 Å². The van der Waals surface area contributed by atoms with Crippen LogP contribution in [0.15, 0.2) is 24.3 Å². The summed E-state index contributed by atoms with van der Waals surface area (Å²) in [5, 5.41) is 75.7. The van der Waals surface area contributed by atoms with Crippen LogP contribution in [0.1, 0.15) is 239 Å². The van der Waals surface area contributed by atoms with E-state index in [9.17, 15) is 40.5 Å². The van der Waals surface area contributed by atoms with Crippen LogP contribution in [0, 0.1) is 0 Å². The van der Waals surface area contributed by atoms with Gasteiger partial charge in [0.15, 0.2) is 6.29 Å². The molecule has 9 unspecified atom stereocenters. The van der Waals surface area contributed by atoms with Crippen LogP contribution in [-0.4, -0.2) is 110 Å². The molecule has 0 aromatic heterocycles. The molecule has 9 atom stereocenters. The zero-order valence-electron chi connectivity index (χ0n) is 41.0. The summed E-state index contributed by atoms with van der Waals surface area (Å²) in [5.41, 5.74) is 0. The second-order valence-corrected chi connectivity index (χ2v) is 18.9. The third-order valence-electron chi connectivity index (χ3n) is 13.0. The molecule has 1 aliphatic rings. The predicted octanol–water partition coefficient (Wildman–Crippen LogP) is 10.2. The lowest BCUT2D eigenvalue weighted by Crippen LogP contribution is -2.60. The van der Waals surface area contributed by atoms with Crippen molar-refractivity contribution in [1.29, 1.82) is 0 Å². The van der Waals surface area contributed by atoms with E-state index in [1.54, 1.807) is 0 Å². The quantitative estimate of drug-likeness (QED) is 0.0216. The van der Waals surface area contributed by atoms with Crippen molar-refractivity contribution in [3.05, 3.63) is 24.3 Å². The molecule has 0 spiro atoms. The zero-order valence-corrected chi connectivity index (χ0v) is 41.0. The number of aliphatic hydroxyl groups is 7. The maximum Gasteiger partial charge on any atom is 0.249 e. The SMILES string of the molecule is CCCCCCCC/C=C/CCCC(O)C(O)C(COC1OC(CO)C(O)C(O)C1O)NC(=O)C(O)CCCCCCCCCCCC/C=C\CCCCCCCCCCCCCC. The predicted molar refractivity (Wildman–Crippen MR) is 261 cm³/mol. The molecule has 1 aliphatic heterocycles. The summed E-state index contributed by atoms with van der Waals surface area (Å²) < 4.78 is 11.1. The number of hydrogen-bond donors (Lipinski definition) is 8. The Labute approximate surface area is 391 Å². The number of amides is 1. The van der Waals surface area contributed by atoms with E-state index in [2.05, 4.69) is 43.5 Å². The van der Waals surface area contributed by atoms with E-state index in [4.69, 9.17) is 9.47 Å². The number of allylic oxidation sites excluding steroid dienone is 4. The molecule has 1 amide bonds. The zero-order chi connectivity index (χ0) is 46.9. The average Bonchev–Trinajstić information content (AvgIpc) is 3.29. The molecule has 0 aromatic carbocycles. The number of carbonyl (C=O) groups excluding carboxylic acids is 1. The van der Waals surface area contributed by atoms with Gasteiger partial charge in [0.05, 0.1) is 25.4 Å². The number of hydrogen-bond acceptors (Lipinski definition) is 10. The van der Waals surface area contributed by atoms with Crippen molar-refractivity contribution in [2.75, 3.05) is 13.2 Å². The Morgan fingerprint density at radius 1 is 0.531 bits per heavy atom. The molecular weight excluding hydrogens is 811 g/mol. The number of rotatable bonds is 45. The summed E-state index contributed by atoms with van der Waals surface area (Å²) in [5.74, 6) is -0.707. The third-order valence-corrected chi connectivity index (χ3v) is 13.0. The first-order valence-corrected chi connectivity index (χ1v) is 26.7. The molecule has 0 aromatic rings. The summed E-state index contributed by atoms with van der Waals surface area (Å²) in [4.78, 5) is 13.1. The molecule has 64 heavy (non-hydrogen) atoms. The van der Waals surface area contributed by atoms with E-state index in [1.165, 1.54) is 161 Å². The second kappa shape index (κ2) is 42.9. The topological polar surface area (TPSA) is 189 Å². The van der Waals surface area contributed by atoms with Crippen LogP contribution in [0.5, 0.6) is 0 Å². The smallest absolute Gasteiger partial charge is 0.249 e. The monoisotopic (exact) mass is 912 g/mol. The van der Waals surface area contributed by atoms with Gasteiger partial charge in [-0.1, -0.05) is 199 Å². The minimum atomic E-state index is -1.67. The largest absolute Gasteiger partial charge is 0.394 e. The van der Waals surface area contributed by atoms with Crippen LogP contribution in [0.3, 0.4) is 0 Å². The highest BCUT2D eigenvalue weighted by molar-refractivity contribution is 5.80. The number of unbranched alkanes of at least 4 members (excludes halogenated alkanes) is 29. The maximum atomic E-state index is 13.1. The molecule has 0 saturated carbocycles. The molecule has 0 bridgehead atoms. The molecule has 0 radical (unpaired) electrons. The van der Waals surface area contributed by atoms with Gasteiger partial charge in [0.25, 0.3) is 0 Å². The fraction of sp³-hybridized carbons (Fsp3) is 0.906. The molecule has 11 heteroatoms. The first kappa shape index (κ1) is 60.6. The highest BCUT2D eigenvalue weighted by Crippen LogP contribution is 2.23. The van der Waals surface area contributed by atoms with Crippen molar-refractivity contribution in [1.82, 2.24) is 5.32 Å². The highest BCUT2D eigenvalue weighted by Gasteiger charge is 2.44. The van der Waals surface area contributed by atoms with Crippen molar-refractivity contribution < 1.29 is 50.0 Å². The summed E-state index contributed by atoms with van der Waals surface area (Å²) in [6.07, 6.45) is 38.2. The Kier molecular flexibility index (Phi) is 40.6. The van der Waals surface area contributed by atoms with E-state index >= 15 is 0 Å². The van der Waals surface area contributed by atoms with Crippen molar-refractivity contribution in [2.45, 2.75) is 294 Å². The van der Waals surface area contributed by atoms with E-state index in [1.807, 2.05) is 0 Å². The summed E-state index contributed by atoms with van der Waals surface area (Å²) in [6.45, 7) is 3.42. The van der Waals surface area contributed by atoms with Crippen molar-refractivity contribution >= 4 is 5.91 Å². The van der Waals surface area contributed by atoms with Crippen LogP contribution in [0.2, 0.25) is 0 Å². The van der Waals surface area contributed by atoms with Gasteiger partial charge in [-0.05, 0) is 64.2 Å². The fourth-order valence-corrected chi connectivity index (χ4v) is 8.55. The van der Waals surface area contributed by atoms with E-state index in [-0.39, 0.29) is 12.8 Å². The van der Waals surface area contributed by atoms with Crippen molar-refractivity contribution in [3.63, 3.8) is 0 Å². The summed E-state index contributed by atoms with van der Waals surface area (Å²) in [6, 6.07) is -1.18. The van der Waals surface area contributed by atoms with Gasteiger partial charge in [0.2, 0.25) is 5.91 Å². The minimum Gasteiger partial charge on any atom is -0.394 e. The standard InChI is InChI=1S/C53H101NO10/c1-3-5-7-9-11-13-15-16-17-18-19-20-21-22-23-24-25-26-27-28-29-31-33-35-37-39-41-46(57)52(62)54-44(43-63-53-51(61)50(60)49(59)47(42-55)64-53)48(58)45(56)40-38-36-34-32-30-14-12-10-8-6-4-2/h22-23,32,34,44-51,53,55-61H,3-21,24-31,33,35-43H2,1-2H3,(H,54,62)/b23-22-,34-32+. The fourth-order valence-electron chi connectivity index (χ4n) is 8.55. The van der Waals surface area contributed by atoms with Gasteiger partial charge in [-0.25, -0.2) is 0 Å². The van der Waals surface area contributed by atoms with Crippen molar-refractivity contribution in [2.24, 2.45) is 0 Å². The number of ether oxygens (including phenoxy) is 2. The van der Waals surface area contributed by atoms with Gasteiger partial charge in [-0.15, -0.1) is 0 Å². The molecule has 378 valence electrons. The first-order chi connectivity index (χ1) is 31.2. The van der Waals surface area contributed by atoms with Crippen LogP contribution < -0.4 is 5.32 Å². The van der Waals surface area contributed by atoms with Gasteiger partial charge in [0, 0.05) is 0 Å². The molecule has 1 saturated heterocycles. The van der Waals surface area contributed by atoms with Gasteiger partial charge in [-0.2, -0.15) is 0 Å². The molecule has 8 N–H and O–H groups in total. The van der Waals surface area contributed by atoms with Gasteiger partial charge < -0.3 is 50.5 Å². The van der Waals surface area contributed by atoms with E-state index < -0.39 is 74.2 Å². The molecule has 11 nitrogen and oxygen atoms in total. The van der Waals surface area contributed by atoms with Crippen LogP contribution >= 0.6 is 0 Å². The Morgan fingerprint density at radius 2 is 0.922 bits per heavy atom. The van der Waals surface area contributed by atoms with Crippen molar-refractivity contribution in [3.8, 4) is 0 Å². The molecule has 0 aliphatic carbocycles. The maximum absolute atomic E-state index is 13.1. The highest BCUT2D eigenvalue weighted by atomic mass is 16.7. The summed E-state index contributed by atoms with van der Waals surface area (Å²) >= 11 is 0. The average molecular weight is 912 g/mol. The second-order valence-electron chi connectivity index (χ2n) is 18.9. The van der Waals surface area contributed by atoms with Crippen LogP contribution in [0.25, 0.3) is 0 Å². The normalized spacial score (nSPS) is 21.2. The van der Waals surface area contributed by atoms with Crippen LogP contribution in [0.4, 0.5) is 0 Å². The lowest BCUT2D eigenvalue weighted by molar-refractivity contribution is -0.303. The Hall–Kier alpha value is -1.41. The van der Waals surface area contributed by atoms with Crippen LogP contribution in [-0.2, 0) is 14.3 Å². The Balaban J connectivity index is 2.28. The first-order valence-electron chi connectivity index (χ1n) is 26.7. The number of nitrogens with one attached hydrogen (secondary N) is 1.